The van der Waals surface area contributed by atoms with Gasteiger partial charge in [-0.3, -0.25) is 23.9 Å². The van der Waals surface area contributed by atoms with Gasteiger partial charge in [0.25, 0.3) is 11.8 Å². The van der Waals surface area contributed by atoms with Crippen LogP contribution in [0.25, 0.3) is 11.5 Å². The van der Waals surface area contributed by atoms with Crippen LogP contribution in [0.1, 0.15) is 26.0 Å². The zero-order valence-corrected chi connectivity index (χ0v) is 25.9. The molecule has 1 fully saturated rings. The average Bonchev–Trinajstić information content (AvgIpc) is 3.57. The van der Waals surface area contributed by atoms with Gasteiger partial charge in [0, 0.05) is 30.8 Å². The summed E-state index contributed by atoms with van der Waals surface area (Å²) in [7, 11) is -5.12. The summed E-state index contributed by atoms with van der Waals surface area (Å²) < 4.78 is 28.2. The Labute approximate surface area is 266 Å². The summed E-state index contributed by atoms with van der Waals surface area (Å²) in [4.78, 5) is 86.4. The van der Waals surface area contributed by atoms with E-state index >= 15 is 0 Å². The molecular formula is C23H26N10O12S2. The molecule has 0 unspecified atom stereocenters. The number of nitrogens with one attached hydrogen (secondary N) is 3. The van der Waals surface area contributed by atoms with Crippen LogP contribution < -0.4 is 26.9 Å². The molecule has 0 saturated carbocycles. The fraction of sp³-hybridized carbons (Fsp3) is 0.348. The first-order valence-corrected chi connectivity index (χ1v) is 15.4. The highest BCUT2D eigenvalue weighted by molar-refractivity contribution is 7.88. The van der Waals surface area contributed by atoms with Crippen LogP contribution in [-0.2, 0) is 36.0 Å². The summed E-state index contributed by atoms with van der Waals surface area (Å²) in [5, 5.41) is 38.8. The van der Waals surface area contributed by atoms with Crippen LogP contribution in [0.4, 0.5) is 9.93 Å². The number of nitrogens with two attached hydrogens (primary N) is 1. The molecule has 4 rings (SSSR count). The van der Waals surface area contributed by atoms with Crippen molar-refractivity contribution in [1.29, 1.82) is 0 Å². The molecule has 0 radical (unpaired) electrons. The third kappa shape index (κ3) is 7.12. The zero-order chi connectivity index (χ0) is 34.8. The van der Waals surface area contributed by atoms with Gasteiger partial charge in [-0.1, -0.05) is 9.24 Å². The molecule has 3 aromatic heterocycles. The molecule has 0 spiro atoms. The number of carbonyl (C=O) groups is 4. The van der Waals surface area contributed by atoms with Crippen LogP contribution in [0.2, 0.25) is 0 Å². The number of imide groups is 1. The Hall–Kier alpha value is -5.62. The number of carboxylic acids is 1. The van der Waals surface area contributed by atoms with Crippen LogP contribution in [-0.4, -0.2) is 107 Å². The third-order valence-corrected chi connectivity index (χ3v) is 8.09. The number of urea groups is 1. The summed E-state index contributed by atoms with van der Waals surface area (Å²) >= 11 is 0.925. The number of thiazole rings is 1. The molecule has 4 amide bonds. The number of aliphatic hydroxyl groups is 1. The van der Waals surface area contributed by atoms with Crippen LogP contribution >= 0.6 is 11.3 Å². The first kappa shape index (κ1) is 34.3. The van der Waals surface area contributed by atoms with E-state index in [0.29, 0.717) is 4.90 Å². The Bertz CT molecular complexity index is 2010. The van der Waals surface area contributed by atoms with Crippen molar-refractivity contribution in [3.05, 3.63) is 44.0 Å². The molecule has 1 saturated heterocycles. The van der Waals surface area contributed by atoms with Gasteiger partial charge >= 0.3 is 27.9 Å². The Morgan fingerprint density at radius 3 is 2.55 bits per heavy atom. The lowest BCUT2D eigenvalue weighted by Gasteiger charge is -2.36. The summed E-state index contributed by atoms with van der Waals surface area (Å²) in [5.74, 6) is -4.61. The SMILES string of the molecule is CC(C)(O/N=C(\C(=O)N[C@H]1CN(C(=O)NS(=O)(=O)n2nc(-c3cc(=O)c(O)c[nH]3)n(CCCO)c2=O)C1=O)c1csc(N)n1)C(=O)O. The molecule has 47 heavy (non-hydrogen) atoms. The van der Waals surface area contributed by atoms with Crippen molar-refractivity contribution in [2.45, 2.75) is 38.5 Å². The maximum Gasteiger partial charge on any atom is 0.362 e. The predicted octanol–water partition coefficient (Wildman–Crippen LogP) is -3.06. The number of carboxylic acid groups (broad SMARTS) is 1. The van der Waals surface area contributed by atoms with E-state index in [4.69, 9.17) is 10.6 Å². The number of amides is 4. The molecular weight excluding hydrogens is 672 g/mol. The minimum absolute atomic E-state index is 0.0302. The van der Waals surface area contributed by atoms with Gasteiger partial charge in [-0.25, -0.2) is 24.1 Å². The number of carbonyl (C=O) groups excluding carboxylic acids is 3. The van der Waals surface area contributed by atoms with Gasteiger partial charge in [0.1, 0.15) is 11.7 Å². The number of aromatic hydroxyl groups is 1. The van der Waals surface area contributed by atoms with Gasteiger partial charge in [-0.05, 0) is 20.3 Å². The number of nitrogen functional groups attached to an aromatic ring is 1. The van der Waals surface area contributed by atoms with Crippen molar-refractivity contribution in [1.82, 2.24) is 38.7 Å². The Morgan fingerprint density at radius 1 is 1.28 bits per heavy atom. The number of rotatable bonds is 12. The highest BCUT2D eigenvalue weighted by Gasteiger charge is 2.44. The van der Waals surface area contributed by atoms with Gasteiger partial charge < -0.3 is 36.2 Å². The smallest absolute Gasteiger partial charge is 0.362 e. The zero-order valence-electron chi connectivity index (χ0n) is 24.2. The fourth-order valence-corrected chi connectivity index (χ4v) is 5.16. The van der Waals surface area contributed by atoms with Crippen LogP contribution in [0, 0.1) is 0 Å². The number of aromatic amines is 1. The maximum atomic E-state index is 13.0. The minimum atomic E-state index is -5.12. The van der Waals surface area contributed by atoms with Gasteiger partial charge in [0.15, 0.2) is 22.4 Å². The van der Waals surface area contributed by atoms with Crippen LogP contribution in [0.3, 0.4) is 0 Å². The van der Waals surface area contributed by atoms with Gasteiger partial charge in [-0.2, -0.15) is 8.42 Å². The number of oxime groups is 1. The van der Waals surface area contributed by atoms with Gasteiger partial charge in [0.2, 0.25) is 11.0 Å². The van der Waals surface area contributed by atoms with Crippen molar-refractivity contribution in [3.63, 3.8) is 0 Å². The van der Waals surface area contributed by atoms with E-state index in [1.54, 1.807) is 0 Å². The molecule has 1 atom stereocenters. The Balaban J connectivity index is 1.50. The molecule has 0 bridgehead atoms. The monoisotopic (exact) mass is 698 g/mol. The normalized spacial score (nSPS) is 15.2. The number of likely N-dealkylation sites (tertiary alicyclic amines) is 1. The van der Waals surface area contributed by atoms with E-state index in [1.807, 2.05) is 0 Å². The standard InChI is InChI=1S/C23H26N10O12S2/c1-23(2,19(39)40)45-29-15(12-9-46-20(24)27-12)17(37)26-11-8-32(18(11)38)21(41)30-47(43,44)33-22(42)31(4-3-5-34)16(28-33)10-6-13(35)14(36)7-25-10/h6-7,9,11,34,36H,3-5,8H2,1-2H3,(H2,24,27)(H,25,35)(H,26,37)(H,30,41)(H,39,40)/b29-15-/t11-/m0/s1. The van der Waals surface area contributed by atoms with E-state index in [1.165, 1.54) is 10.1 Å². The lowest BCUT2D eigenvalue weighted by molar-refractivity contribution is -0.161. The van der Waals surface area contributed by atoms with Gasteiger partial charge in [-0.15, -0.1) is 16.4 Å². The largest absolute Gasteiger partial charge is 0.503 e. The van der Waals surface area contributed by atoms with Crippen molar-refractivity contribution in [2.75, 3.05) is 18.9 Å². The summed E-state index contributed by atoms with van der Waals surface area (Å²) in [6.45, 7) is 1.11. The fourth-order valence-electron chi connectivity index (χ4n) is 3.71. The van der Waals surface area contributed by atoms with Gasteiger partial charge in [0.05, 0.1) is 12.2 Å². The molecule has 252 valence electrons. The summed E-state index contributed by atoms with van der Waals surface area (Å²) in [6, 6.07) is -2.04. The second-order valence-corrected chi connectivity index (χ2v) is 12.5. The molecule has 4 heterocycles. The number of aromatic nitrogens is 5. The molecule has 3 aromatic rings. The molecule has 8 N–H and O–H groups in total. The van der Waals surface area contributed by atoms with Crippen molar-refractivity contribution < 1.29 is 47.8 Å². The van der Waals surface area contributed by atoms with E-state index in [0.717, 1.165) is 42.0 Å². The summed E-state index contributed by atoms with van der Waals surface area (Å²) in [5.41, 5.74) is 0.718. The number of β-lactam (4-membered cyclic amide) rings is 1. The number of hydrogen-bond donors (Lipinski definition) is 7. The molecule has 0 aromatic carbocycles. The van der Waals surface area contributed by atoms with E-state index in [9.17, 15) is 52.5 Å². The quantitative estimate of drug-likeness (QED) is 0.0561. The second kappa shape index (κ2) is 13.0. The first-order valence-electron chi connectivity index (χ1n) is 13.1. The highest BCUT2D eigenvalue weighted by atomic mass is 32.2. The predicted molar refractivity (Wildman–Crippen MR) is 158 cm³/mol. The molecule has 1 aliphatic rings. The maximum absolute atomic E-state index is 13.0. The minimum Gasteiger partial charge on any atom is -0.503 e. The summed E-state index contributed by atoms with van der Waals surface area (Å²) in [6.07, 6.45) is 0.845. The number of H-pyrrole nitrogens is 1. The van der Waals surface area contributed by atoms with Crippen molar-refractivity contribution >= 4 is 56.2 Å². The van der Waals surface area contributed by atoms with Crippen molar-refractivity contribution in [3.8, 4) is 17.3 Å². The number of aliphatic hydroxyl groups excluding tert-OH is 1. The number of pyridine rings is 1. The van der Waals surface area contributed by atoms with Crippen LogP contribution in [0.5, 0.6) is 5.75 Å². The molecule has 24 heteroatoms. The van der Waals surface area contributed by atoms with E-state index < -0.39 is 87.2 Å². The molecule has 1 aliphatic heterocycles. The molecule has 0 aliphatic carbocycles. The lowest BCUT2D eigenvalue weighted by Crippen LogP contribution is -2.68. The van der Waals surface area contributed by atoms with E-state index in [2.05, 4.69) is 25.5 Å². The number of anilines is 1. The topological polar surface area (TPSA) is 324 Å². The number of hydrogen-bond acceptors (Lipinski definition) is 16. The van der Waals surface area contributed by atoms with Crippen LogP contribution in [0.15, 0.2) is 32.4 Å². The number of nitrogens with zero attached hydrogens (tertiary/aromatic N) is 6. The second-order valence-electron chi connectivity index (χ2n) is 10.1. The Kier molecular flexibility index (Phi) is 9.48. The molecule has 22 nitrogen and oxygen atoms in total. The highest BCUT2D eigenvalue weighted by Crippen LogP contribution is 2.18. The first-order chi connectivity index (χ1) is 22.0. The third-order valence-electron chi connectivity index (χ3n) is 6.29. The lowest BCUT2D eigenvalue weighted by atomic mass is 10.1. The average molecular weight is 699 g/mol. The number of aliphatic carboxylic acids is 1. The van der Waals surface area contributed by atoms with Crippen molar-refractivity contribution in [2.24, 2.45) is 5.16 Å². The van der Waals surface area contributed by atoms with E-state index in [-0.39, 0.29) is 33.6 Å². The Morgan fingerprint density at radius 2 is 1.98 bits per heavy atom.